The number of rotatable bonds is 6. The number of ether oxygens (including phenoxy) is 1. The van der Waals surface area contributed by atoms with Crippen LogP contribution >= 0.6 is 0 Å². The average molecular weight is 558 g/mol. The Morgan fingerprint density at radius 3 is 2.88 bits per heavy atom. The van der Waals surface area contributed by atoms with E-state index in [0.29, 0.717) is 31.4 Å². The largest absolute Gasteiger partial charge is 0.493 e. The van der Waals surface area contributed by atoms with Crippen LogP contribution in [0.3, 0.4) is 0 Å². The third-order valence-corrected chi connectivity index (χ3v) is 9.69. The molecule has 4 unspecified atom stereocenters. The molecular weight excluding hydrogens is 512 g/mol. The summed E-state index contributed by atoms with van der Waals surface area (Å²) in [4.78, 5) is 17.2. The number of quaternary nitrogens is 1. The highest BCUT2D eigenvalue weighted by Crippen LogP contribution is 2.48. The van der Waals surface area contributed by atoms with E-state index in [1.165, 1.54) is 40.8 Å². The second-order valence-electron chi connectivity index (χ2n) is 12.9. The Labute approximate surface area is 244 Å². The van der Waals surface area contributed by atoms with Crippen LogP contribution in [0.2, 0.25) is 0 Å². The molecule has 0 saturated carbocycles. The van der Waals surface area contributed by atoms with Crippen molar-refractivity contribution >= 4 is 11.7 Å². The van der Waals surface area contributed by atoms with Gasteiger partial charge >= 0.3 is 5.97 Å². The van der Waals surface area contributed by atoms with E-state index < -0.39 is 5.97 Å². The standard InChI is InChI=1S/C34H44N4O3/c1-22-17-27-23(2)21-38(3)15-7-11-25(12-8-16-41-31-14-6-10-24-9-4-5-13-26(24)31)32(34(39)40)35-20-30-29(19-36-37-30)28(18-22)33(27)38/h6-7,10-11,14-15,22-23,30,36-37H,4-5,8-9,12-13,16-21H2,1-3H3/p+1/b15-7+,25-11-,29-28-,35-32-. The van der Waals surface area contributed by atoms with Gasteiger partial charge in [-0.1, -0.05) is 32.1 Å². The summed E-state index contributed by atoms with van der Waals surface area (Å²) in [5, 5.41) is 10.2. The molecule has 0 spiro atoms. The number of benzene rings is 1. The van der Waals surface area contributed by atoms with Crippen molar-refractivity contribution in [3.8, 4) is 5.75 Å². The Kier molecular flexibility index (Phi) is 8.03. The lowest BCUT2D eigenvalue weighted by atomic mass is 9.79. The Bertz CT molecular complexity index is 1370. The number of hydrazine groups is 1. The van der Waals surface area contributed by atoms with Gasteiger partial charge in [0.1, 0.15) is 23.4 Å². The molecule has 0 radical (unpaired) electrons. The highest BCUT2D eigenvalue weighted by atomic mass is 16.5. The molecule has 41 heavy (non-hydrogen) atoms. The lowest BCUT2D eigenvalue weighted by Gasteiger charge is -2.34. The number of carboxylic acid groups (broad SMARTS) is 1. The molecule has 2 aliphatic carbocycles. The third-order valence-electron chi connectivity index (χ3n) is 9.69. The van der Waals surface area contributed by atoms with Gasteiger partial charge in [0.2, 0.25) is 0 Å². The number of aliphatic imine (C=N–C) groups is 1. The number of nitrogens with one attached hydrogen (secondary N) is 2. The predicted octanol–water partition coefficient (Wildman–Crippen LogP) is 5.26. The maximum Gasteiger partial charge on any atom is 0.354 e. The predicted molar refractivity (Wildman–Crippen MR) is 163 cm³/mol. The third kappa shape index (κ3) is 5.60. The number of carboxylic acids is 1. The second kappa shape index (κ2) is 11.7. The van der Waals surface area contributed by atoms with Crippen LogP contribution in [0.25, 0.3) is 0 Å². The van der Waals surface area contributed by atoms with Crippen LogP contribution in [-0.2, 0) is 17.6 Å². The summed E-state index contributed by atoms with van der Waals surface area (Å²) in [6.07, 6.45) is 14.5. The molecule has 7 nitrogen and oxygen atoms in total. The molecule has 6 rings (SSSR count). The van der Waals surface area contributed by atoms with Crippen LogP contribution in [0, 0.1) is 11.8 Å². The molecule has 7 heteroatoms. The average Bonchev–Trinajstić information content (AvgIpc) is 3.51. The summed E-state index contributed by atoms with van der Waals surface area (Å²) < 4.78 is 7.02. The Balaban J connectivity index is 1.28. The molecule has 1 fully saturated rings. The van der Waals surface area contributed by atoms with Crippen LogP contribution in [-0.4, -0.2) is 60.6 Å². The molecule has 0 aromatic heterocycles. The van der Waals surface area contributed by atoms with Gasteiger partial charge in [0.05, 0.1) is 32.8 Å². The quantitative estimate of drug-likeness (QED) is 0.329. The number of aliphatic carboxylic acids is 1. The molecule has 3 N–H and O–H groups in total. The second-order valence-corrected chi connectivity index (χ2v) is 12.9. The zero-order valence-corrected chi connectivity index (χ0v) is 24.8. The Morgan fingerprint density at radius 1 is 1.17 bits per heavy atom. The summed E-state index contributed by atoms with van der Waals surface area (Å²) in [6, 6.07) is 6.37. The molecule has 1 aromatic carbocycles. The highest BCUT2D eigenvalue weighted by molar-refractivity contribution is 6.42. The number of likely N-dealkylation sites (N-methyl/N-ethyl adjacent to an activating group) is 1. The number of nitrogens with zero attached hydrogens (tertiary/aromatic N) is 2. The number of fused-ring (bicyclic) bond motifs is 2. The van der Waals surface area contributed by atoms with E-state index in [9.17, 15) is 9.90 Å². The molecular formula is C34H45N4O3+. The summed E-state index contributed by atoms with van der Waals surface area (Å²) in [5.41, 5.74) is 16.3. The molecule has 1 aromatic rings. The first-order valence-electron chi connectivity index (χ1n) is 15.5. The van der Waals surface area contributed by atoms with Gasteiger partial charge in [-0.3, -0.25) is 14.9 Å². The van der Waals surface area contributed by atoms with Gasteiger partial charge in [0.25, 0.3) is 0 Å². The lowest BCUT2D eigenvalue weighted by Crippen LogP contribution is -2.38. The van der Waals surface area contributed by atoms with Crippen molar-refractivity contribution in [2.45, 2.75) is 71.3 Å². The van der Waals surface area contributed by atoms with E-state index in [1.54, 1.807) is 5.57 Å². The summed E-state index contributed by atoms with van der Waals surface area (Å²) in [6.45, 7) is 7.48. The van der Waals surface area contributed by atoms with Crippen LogP contribution in [0.1, 0.15) is 63.5 Å². The zero-order chi connectivity index (χ0) is 28.6. The van der Waals surface area contributed by atoms with Gasteiger partial charge in [-0.2, -0.15) is 0 Å². The van der Waals surface area contributed by atoms with Crippen molar-refractivity contribution < 1.29 is 19.1 Å². The van der Waals surface area contributed by atoms with Crippen LogP contribution < -0.4 is 15.6 Å². The first kappa shape index (κ1) is 28.1. The van der Waals surface area contributed by atoms with E-state index in [0.717, 1.165) is 61.0 Å². The van der Waals surface area contributed by atoms with Crippen LogP contribution in [0.4, 0.5) is 0 Å². The van der Waals surface area contributed by atoms with Crippen molar-refractivity contribution in [2.75, 3.05) is 33.3 Å². The lowest BCUT2D eigenvalue weighted by molar-refractivity contribution is -0.814. The van der Waals surface area contributed by atoms with Gasteiger partial charge in [-0.05, 0) is 91.7 Å². The summed E-state index contributed by atoms with van der Waals surface area (Å²) >= 11 is 0. The van der Waals surface area contributed by atoms with Crippen molar-refractivity contribution in [1.29, 1.82) is 0 Å². The Morgan fingerprint density at radius 2 is 2.02 bits per heavy atom. The minimum atomic E-state index is -0.968. The fraction of sp³-hybridized carbons (Fsp3) is 0.529. The molecule has 3 heterocycles. The van der Waals surface area contributed by atoms with Crippen LogP contribution in [0.15, 0.2) is 69.5 Å². The number of hydrogen-bond donors (Lipinski definition) is 3. The van der Waals surface area contributed by atoms with Gasteiger partial charge < -0.3 is 9.84 Å². The van der Waals surface area contributed by atoms with Crippen molar-refractivity contribution in [3.63, 3.8) is 0 Å². The smallest absolute Gasteiger partial charge is 0.354 e. The summed E-state index contributed by atoms with van der Waals surface area (Å²) in [7, 11) is 2.32. The van der Waals surface area contributed by atoms with E-state index in [-0.39, 0.29) is 11.8 Å². The first-order chi connectivity index (χ1) is 19.8. The van der Waals surface area contributed by atoms with Crippen molar-refractivity contribution in [1.82, 2.24) is 10.9 Å². The highest BCUT2D eigenvalue weighted by Gasteiger charge is 2.46. The first-order valence-corrected chi connectivity index (χ1v) is 15.5. The molecule has 0 bridgehead atoms. The molecule has 1 saturated heterocycles. The number of hydrogen-bond acceptors (Lipinski definition) is 5. The maximum absolute atomic E-state index is 12.5. The minimum absolute atomic E-state index is 0.0139. The Hall–Kier alpha value is -3.00. The van der Waals surface area contributed by atoms with Crippen LogP contribution in [0.5, 0.6) is 5.75 Å². The normalized spacial score (nSPS) is 34.7. The minimum Gasteiger partial charge on any atom is -0.493 e. The van der Waals surface area contributed by atoms with Crippen molar-refractivity contribution in [3.05, 3.63) is 75.7 Å². The van der Waals surface area contributed by atoms with E-state index in [4.69, 9.17) is 9.73 Å². The van der Waals surface area contributed by atoms with Gasteiger partial charge in [-0.25, -0.2) is 10.2 Å². The molecule has 0 amide bonds. The van der Waals surface area contributed by atoms with E-state index >= 15 is 0 Å². The molecule has 3 aliphatic heterocycles. The number of allylic oxidation sites excluding steroid dienone is 3. The molecule has 218 valence electrons. The SMILES string of the molecule is CC1CC2=C3/C(=C4/CNNC4C/N=C(C(=O)O)/C(CCCOc4cccc5c4CCCC5)=C\C=C\[N+]3(C)CC2C)C1. The molecule has 4 atom stereocenters. The number of carbonyl (C=O) groups is 1. The molecule has 5 aliphatic rings. The monoisotopic (exact) mass is 557 g/mol. The fourth-order valence-corrected chi connectivity index (χ4v) is 7.84. The van der Waals surface area contributed by atoms with Gasteiger partial charge in [0, 0.05) is 23.6 Å². The van der Waals surface area contributed by atoms with Crippen molar-refractivity contribution in [2.24, 2.45) is 16.8 Å². The summed E-state index contributed by atoms with van der Waals surface area (Å²) in [5.74, 6) is 1.16. The van der Waals surface area contributed by atoms with E-state index in [1.807, 2.05) is 6.08 Å². The van der Waals surface area contributed by atoms with E-state index in [2.05, 4.69) is 62.2 Å². The van der Waals surface area contributed by atoms with Gasteiger partial charge in [-0.15, -0.1) is 0 Å². The van der Waals surface area contributed by atoms with Gasteiger partial charge in [0.15, 0.2) is 0 Å². The maximum atomic E-state index is 12.5. The topological polar surface area (TPSA) is 83.0 Å². The zero-order valence-electron chi connectivity index (χ0n) is 24.8. The fourth-order valence-electron chi connectivity index (χ4n) is 7.84. The number of aryl methyl sites for hydroxylation is 1.